The standard InChI is InChI=1S/C14H21FN2/c1-10-6-3-4-9-17(10)13-8-5-7-12(15)14(13)11(2)16/h5,7-8,10-11H,3-4,6,9,16H2,1-2H3/t10?,11-/m0/s1. The van der Waals surface area contributed by atoms with E-state index in [1.807, 2.05) is 13.0 Å². The van der Waals surface area contributed by atoms with E-state index in [4.69, 9.17) is 5.73 Å². The Labute approximate surface area is 103 Å². The van der Waals surface area contributed by atoms with Gasteiger partial charge in [0.25, 0.3) is 0 Å². The van der Waals surface area contributed by atoms with Gasteiger partial charge in [-0.1, -0.05) is 6.07 Å². The Hall–Kier alpha value is -1.09. The first-order chi connectivity index (χ1) is 8.11. The zero-order valence-electron chi connectivity index (χ0n) is 10.6. The molecule has 0 aliphatic carbocycles. The van der Waals surface area contributed by atoms with Crippen molar-refractivity contribution >= 4 is 5.69 Å². The molecular formula is C14H21FN2. The zero-order chi connectivity index (χ0) is 12.4. The summed E-state index contributed by atoms with van der Waals surface area (Å²) in [5, 5.41) is 0. The molecule has 0 saturated carbocycles. The van der Waals surface area contributed by atoms with Gasteiger partial charge in [0.05, 0.1) is 0 Å². The highest BCUT2D eigenvalue weighted by Gasteiger charge is 2.23. The minimum atomic E-state index is -0.264. The lowest BCUT2D eigenvalue weighted by molar-refractivity contribution is 0.480. The summed E-state index contributed by atoms with van der Waals surface area (Å²) in [5.41, 5.74) is 7.53. The maximum atomic E-state index is 13.9. The molecule has 0 bridgehead atoms. The summed E-state index contributed by atoms with van der Waals surface area (Å²) in [6, 6.07) is 5.47. The van der Waals surface area contributed by atoms with Crippen LogP contribution in [0.2, 0.25) is 0 Å². The molecule has 0 aromatic heterocycles. The van der Waals surface area contributed by atoms with Gasteiger partial charge in [-0.2, -0.15) is 0 Å². The quantitative estimate of drug-likeness (QED) is 0.854. The molecule has 1 aliphatic rings. The van der Waals surface area contributed by atoms with Crippen molar-refractivity contribution < 1.29 is 4.39 Å². The summed E-state index contributed by atoms with van der Waals surface area (Å²) in [6.45, 7) is 5.05. The zero-order valence-corrected chi connectivity index (χ0v) is 10.6. The highest BCUT2D eigenvalue weighted by atomic mass is 19.1. The Kier molecular flexibility index (Phi) is 3.67. The molecule has 0 spiro atoms. The van der Waals surface area contributed by atoms with Crippen LogP contribution >= 0.6 is 0 Å². The highest BCUT2D eigenvalue weighted by molar-refractivity contribution is 5.56. The molecule has 1 saturated heterocycles. The van der Waals surface area contributed by atoms with Crippen molar-refractivity contribution in [2.45, 2.75) is 45.2 Å². The van der Waals surface area contributed by atoms with E-state index in [9.17, 15) is 4.39 Å². The third-order valence-corrected chi connectivity index (χ3v) is 3.60. The number of piperidine rings is 1. The van der Waals surface area contributed by atoms with Crippen LogP contribution in [0.4, 0.5) is 10.1 Å². The molecular weight excluding hydrogens is 215 g/mol. The van der Waals surface area contributed by atoms with E-state index in [0.717, 1.165) is 12.2 Å². The fraction of sp³-hybridized carbons (Fsp3) is 0.571. The number of rotatable bonds is 2. The maximum Gasteiger partial charge on any atom is 0.130 e. The minimum absolute atomic E-state index is 0.185. The molecule has 17 heavy (non-hydrogen) atoms. The van der Waals surface area contributed by atoms with Crippen molar-refractivity contribution in [2.24, 2.45) is 5.73 Å². The van der Waals surface area contributed by atoms with Gasteiger partial charge in [-0.25, -0.2) is 4.39 Å². The number of nitrogens with zero attached hydrogens (tertiary/aromatic N) is 1. The highest BCUT2D eigenvalue weighted by Crippen LogP contribution is 2.32. The molecule has 2 rings (SSSR count). The van der Waals surface area contributed by atoms with Gasteiger partial charge in [0, 0.05) is 29.9 Å². The lowest BCUT2D eigenvalue weighted by atomic mass is 9.99. The van der Waals surface area contributed by atoms with E-state index in [1.54, 1.807) is 6.07 Å². The van der Waals surface area contributed by atoms with E-state index < -0.39 is 0 Å². The fourth-order valence-corrected chi connectivity index (χ4v) is 2.68. The van der Waals surface area contributed by atoms with Crippen LogP contribution in [-0.4, -0.2) is 12.6 Å². The second-order valence-electron chi connectivity index (χ2n) is 5.00. The fourth-order valence-electron chi connectivity index (χ4n) is 2.68. The number of hydrogen-bond acceptors (Lipinski definition) is 2. The first-order valence-corrected chi connectivity index (χ1v) is 6.42. The summed E-state index contributed by atoms with van der Waals surface area (Å²) >= 11 is 0. The van der Waals surface area contributed by atoms with Crippen LogP contribution in [0.15, 0.2) is 18.2 Å². The predicted octanol–water partition coefficient (Wildman–Crippen LogP) is 3.22. The second kappa shape index (κ2) is 5.05. The van der Waals surface area contributed by atoms with Gasteiger partial charge in [-0.3, -0.25) is 0 Å². The van der Waals surface area contributed by atoms with E-state index in [0.29, 0.717) is 11.6 Å². The third kappa shape index (κ3) is 2.44. The maximum absolute atomic E-state index is 13.9. The Morgan fingerprint density at radius 1 is 1.41 bits per heavy atom. The van der Waals surface area contributed by atoms with E-state index >= 15 is 0 Å². The molecule has 3 heteroatoms. The van der Waals surface area contributed by atoms with Crippen LogP contribution in [0.3, 0.4) is 0 Å². The van der Waals surface area contributed by atoms with E-state index in [2.05, 4.69) is 11.8 Å². The average molecular weight is 236 g/mol. The van der Waals surface area contributed by atoms with Crippen LogP contribution in [-0.2, 0) is 0 Å². The van der Waals surface area contributed by atoms with Crippen molar-refractivity contribution in [1.82, 2.24) is 0 Å². The first-order valence-electron chi connectivity index (χ1n) is 6.42. The minimum Gasteiger partial charge on any atom is -0.368 e. The van der Waals surface area contributed by atoms with Crippen molar-refractivity contribution in [2.75, 3.05) is 11.4 Å². The van der Waals surface area contributed by atoms with Gasteiger partial charge in [0.2, 0.25) is 0 Å². The lowest BCUT2D eigenvalue weighted by Crippen LogP contribution is -2.38. The predicted molar refractivity (Wildman–Crippen MR) is 69.7 cm³/mol. The molecule has 1 aromatic carbocycles. The van der Waals surface area contributed by atoms with Crippen molar-refractivity contribution in [3.05, 3.63) is 29.6 Å². The molecule has 2 nitrogen and oxygen atoms in total. The largest absolute Gasteiger partial charge is 0.368 e. The Morgan fingerprint density at radius 3 is 2.82 bits per heavy atom. The lowest BCUT2D eigenvalue weighted by Gasteiger charge is -2.37. The van der Waals surface area contributed by atoms with E-state index in [1.165, 1.54) is 25.3 Å². The summed E-state index contributed by atoms with van der Waals surface area (Å²) < 4.78 is 13.9. The van der Waals surface area contributed by atoms with Crippen LogP contribution in [0.1, 0.15) is 44.7 Å². The van der Waals surface area contributed by atoms with Gasteiger partial charge in [0.15, 0.2) is 0 Å². The van der Waals surface area contributed by atoms with E-state index in [-0.39, 0.29) is 11.9 Å². The molecule has 1 fully saturated rings. The first kappa shape index (κ1) is 12.4. The van der Waals surface area contributed by atoms with Crippen molar-refractivity contribution in [3.63, 3.8) is 0 Å². The number of hydrogen-bond donors (Lipinski definition) is 1. The van der Waals surface area contributed by atoms with Gasteiger partial charge in [-0.05, 0) is 45.2 Å². The summed E-state index contributed by atoms with van der Waals surface area (Å²) in [5.74, 6) is -0.185. The number of nitrogens with two attached hydrogens (primary N) is 1. The second-order valence-corrected chi connectivity index (χ2v) is 5.00. The molecule has 0 amide bonds. The average Bonchev–Trinajstić information content (AvgIpc) is 2.28. The third-order valence-electron chi connectivity index (χ3n) is 3.60. The summed E-state index contributed by atoms with van der Waals surface area (Å²) in [7, 11) is 0. The summed E-state index contributed by atoms with van der Waals surface area (Å²) in [4.78, 5) is 2.30. The smallest absolute Gasteiger partial charge is 0.130 e. The van der Waals surface area contributed by atoms with Crippen LogP contribution in [0.25, 0.3) is 0 Å². The van der Waals surface area contributed by atoms with Gasteiger partial charge < -0.3 is 10.6 Å². The monoisotopic (exact) mass is 236 g/mol. The Balaban J connectivity index is 2.40. The molecule has 1 aliphatic heterocycles. The van der Waals surface area contributed by atoms with Gasteiger partial charge in [-0.15, -0.1) is 0 Å². The normalized spacial score (nSPS) is 22.6. The van der Waals surface area contributed by atoms with Crippen molar-refractivity contribution in [3.8, 4) is 0 Å². The Morgan fingerprint density at radius 2 is 2.18 bits per heavy atom. The Bertz CT molecular complexity index is 390. The van der Waals surface area contributed by atoms with Crippen LogP contribution in [0.5, 0.6) is 0 Å². The molecule has 1 heterocycles. The molecule has 1 aromatic rings. The summed E-state index contributed by atoms with van der Waals surface area (Å²) in [6.07, 6.45) is 3.62. The number of halogens is 1. The topological polar surface area (TPSA) is 29.3 Å². The number of benzene rings is 1. The number of anilines is 1. The van der Waals surface area contributed by atoms with Gasteiger partial charge in [0.1, 0.15) is 5.82 Å². The molecule has 2 N–H and O–H groups in total. The SMILES string of the molecule is CC1CCCCN1c1cccc(F)c1[C@H](C)N. The van der Waals surface area contributed by atoms with Crippen molar-refractivity contribution in [1.29, 1.82) is 0 Å². The van der Waals surface area contributed by atoms with Crippen LogP contribution < -0.4 is 10.6 Å². The van der Waals surface area contributed by atoms with Crippen LogP contribution in [0, 0.1) is 5.82 Å². The van der Waals surface area contributed by atoms with Gasteiger partial charge >= 0.3 is 0 Å². The molecule has 2 atom stereocenters. The molecule has 1 unspecified atom stereocenters. The molecule has 94 valence electrons. The molecule has 0 radical (unpaired) electrons.